The van der Waals surface area contributed by atoms with Gasteiger partial charge < -0.3 is 20.5 Å². The molecule has 0 saturated heterocycles. The Labute approximate surface area is 101 Å². The summed E-state index contributed by atoms with van der Waals surface area (Å²) in [6.07, 6.45) is 3.37. The predicted octanol–water partition coefficient (Wildman–Crippen LogP) is 0.575. The molecule has 2 amide bonds. The molecule has 6 nitrogen and oxygen atoms in total. The highest BCUT2D eigenvalue weighted by Crippen LogP contribution is 2.34. The number of carbonyl (C=O) groups excluding carboxylic acids is 1. The highest BCUT2D eigenvalue weighted by atomic mass is 16.5. The van der Waals surface area contributed by atoms with E-state index in [1.165, 1.54) is 0 Å². The second-order valence-electron chi connectivity index (χ2n) is 4.24. The lowest BCUT2D eigenvalue weighted by Crippen LogP contribution is -2.39. The molecule has 0 spiro atoms. The van der Waals surface area contributed by atoms with Crippen LogP contribution in [0, 0.1) is 5.92 Å². The van der Waals surface area contributed by atoms with Gasteiger partial charge in [0.2, 0.25) is 0 Å². The van der Waals surface area contributed by atoms with E-state index in [2.05, 4.69) is 17.6 Å². The third kappa shape index (κ3) is 6.11. The fourth-order valence-electron chi connectivity index (χ4n) is 1.73. The molecule has 6 heteroatoms. The molecule has 0 aromatic carbocycles. The molecule has 0 radical (unpaired) electrons. The molecular formula is C11H20N2O4. The number of rotatable bonds is 8. The predicted molar refractivity (Wildman–Crippen MR) is 61.8 cm³/mol. The minimum Gasteiger partial charge on any atom is -0.480 e. The van der Waals surface area contributed by atoms with Gasteiger partial charge in [0.15, 0.2) is 0 Å². The van der Waals surface area contributed by atoms with Crippen LogP contribution in [0.3, 0.4) is 0 Å². The summed E-state index contributed by atoms with van der Waals surface area (Å²) in [6.45, 7) is 2.34. The number of carboxylic acids is 1. The summed E-state index contributed by atoms with van der Waals surface area (Å²) in [6, 6.07) is 0.113. The first-order valence-electron chi connectivity index (χ1n) is 5.97. The zero-order chi connectivity index (χ0) is 12.7. The van der Waals surface area contributed by atoms with Gasteiger partial charge in [0.1, 0.15) is 6.61 Å². The van der Waals surface area contributed by atoms with E-state index < -0.39 is 5.97 Å². The van der Waals surface area contributed by atoms with Crippen molar-refractivity contribution in [1.82, 2.24) is 10.6 Å². The zero-order valence-electron chi connectivity index (χ0n) is 10.1. The van der Waals surface area contributed by atoms with E-state index in [0.717, 1.165) is 19.3 Å². The quantitative estimate of drug-likeness (QED) is 0.545. The largest absolute Gasteiger partial charge is 0.480 e. The van der Waals surface area contributed by atoms with Crippen LogP contribution in [-0.4, -0.2) is 42.9 Å². The van der Waals surface area contributed by atoms with Crippen molar-refractivity contribution >= 4 is 12.0 Å². The van der Waals surface area contributed by atoms with Crippen LogP contribution in [0.25, 0.3) is 0 Å². The lowest BCUT2D eigenvalue weighted by Gasteiger charge is -2.07. The van der Waals surface area contributed by atoms with E-state index in [1.807, 2.05) is 0 Å². The Morgan fingerprint density at radius 3 is 2.88 bits per heavy atom. The zero-order valence-corrected chi connectivity index (χ0v) is 10.1. The van der Waals surface area contributed by atoms with Crippen molar-refractivity contribution in [2.75, 3.05) is 19.8 Å². The Morgan fingerprint density at radius 2 is 2.24 bits per heavy atom. The summed E-state index contributed by atoms with van der Waals surface area (Å²) >= 11 is 0. The third-order valence-corrected chi connectivity index (χ3v) is 2.66. The number of amides is 2. The summed E-state index contributed by atoms with van der Waals surface area (Å²) < 4.78 is 4.78. The number of hydrogen-bond donors (Lipinski definition) is 3. The number of urea groups is 1. The van der Waals surface area contributed by atoms with Crippen LogP contribution in [0.2, 0.25) is 0 Å². The van der Waals surface area contributed by atoms with Crippen LogP contribution in [0.5, 0.6) is 0 Å². The summed E-state index contributed by atoms with van der Waals surface area (Å²) in [7, 11) is 0. The first-order valence-corrected chi connectivity index (χ1v) is 5.97. The molecule has 98 valence electrons. The maximum absolute atomic E-state index is 11.3. The minimum absolute atomic E-state index is 0.201. The molecule has 1 aliphatic carbocycles. The van der Waals surface area contributed by atoms with Crippen molar-refractivity contribution in [3.63, 3.8) is 0 Å². The third-order valence-electron chi connectivity index (χ3n) is 2.66. The normalized spacial score (nSPS) is 21.9. The van der Waals surface area contributed by atoms with Gasteiger partial charge in [-0.3, -0.25) is 0 Å². The van der Waals surface area contributed by atoms with E-state index >= 15 is 0 Å². The Kier molecular flexibility index (Phi) is 5.76. The first-order chi connectivity index (χ1) is 8.13. The number of hydrogen-bond acceptors (Lipinski definition) is 3. The van der Waals surface area contributed by atoms with Gasteiger partial charge in [0.25, 0.3) is 0 Å². The van der Waals surface area contributed by atoms with Crippen LogP contribution in [0.4, 0.5) is 4.79 Å². The van der Waals surface area contributed by atoms with Crippen LogP contribution < -0.4 is 10.6 Å². The average molecular weight is 244 g/mol. The van der Waals surface area contributed by atoms with Gasteiger partial charge in [-0.2, -0.15) is 0 Å². The number of ether oxygens (including phenoxy) is 1. The van der Waals surface area contributed by atoms with Crippen LogP contribution in [0.1, 0.15) is 26.2 Å². The number of aliphatic carboxylic acids is 1. The van der Waals surface area contributed by atoms with Gasteiger partial charge in [-0.15, -0.1) is 0 Å². The van der Waals surface area contributed by atoms with Gasteiger partial charge in [0.05, 0.1) is 6.61 Å². The summed E-state index contributed by atoms with van der Waals surface area (Å²) in [5.74, 6) is -0.371. The SMILES string of the molecule is CCCC1CC1NC(=O)NCCOCC(=O)O. The topological polar surface area (TPSA) is 87.7 Å². The summed E-state index contributed by atoms with van der Waals surface area (Å²) in [5, 5.41) is 13.8. The Bertz CT molecular complexity index is 270. The molecule has 1 aliphatic rings. The molecule has 0 aliphatic heterocycles. The number of nitrogens with one attached hydrogen (secondary N) is 2. The molecule has 0 bridgehead atoms. The monoisotopic (exact) mass is 244 g/mol. The molecular weight excluding hydrogens is 224 g/mol. The maximum atomic E-state index is 11.3. The molecule has 3 N–H and O–H groups in total. The summed E-state index contributed by atoms with van der Waals surface area (Å²) in [5.41, 5.74) is 0. The van der Waals surface area contributed by atoms with Crippen LogP contribution in [-0.2, 0) is 9.53 Å². The van der Waals surface area contributed by atoms with Crippen molar-refractivity contribution in [1.29, 1.82) is 0 Å². The highest BCUT2D eigenvalue weighted by Gasteiger charge is 2.36. The van der Waals surface area contributed by atoms with E-state index in [4.69, 9.17) is 9.84 Å². The Morgan fingerprint density at radius 1 is 1.47 bits per heavy atom. The van der Waals surface area contributed by atoms with E-state index in [0.29, 0.717) is 18.5 Å². The lowest BCUT2D eigenvalue weighted by molar-refractivity contribution is -0.142. The van der Waals surface area contributed by atoms with Crippen molar-refractivity contribution in [2.45, 2.75) is 32.2 Å². The second kappa shape index (κ2) is 7.11. The Hall–Kier alpha value is -1.30. The van der Waals surface area contributed by atoms with E-state index in [9.17, 15) is 9.59 Å². The van der Waals surface area contributed by atoms with Crippen LogP contribution >= 0.6 is 0 Å². The Balaban J connectivity index is 1.94. The smallest absolute Gasteiger partial charge is 0.329 e. The molecule has 1 rings (SSSR count). The van der Waals surface area contributed by atoms with Gasteiger partial charge in [-0.1, -0.05) is 13.3 Å². The maximum Gasteiger partial charge on any atom is 0.329 e. The first kappa shape index (κ1) is 13.8. The standard InChI is InChI=1S/C11H20N2O4/c1-2-3-8-6-9(8)13-11(16)12-4-5-17-7-10(14)15/h8-9H,2-7H2,1H3,(H,14,15)(H2,12,13,16). The highest BCUT2D eigenvalue weighted by molar-refractivity contribution is 5.74. The number of carboxylic acid groups (broad SMARTS) is 1. The molecule has 17 heavy (non-hydrogen) atoms. The number of carbonyl (C=O) groups is 2. The van der Waals surface area contributed by atoms with Gasteiger partial charge in [-0.05, 0) is 18.8 Å². The second-order valence-corrected chi connectivity index (χ2v) is 4.24. The molecule has 2 unspecified atom stereocenters. The van der Waals surface area contributed by atoms with Gasteiger partial charge >= 0.3 is 12.0 Å². The van der Waals surface area contributed by atoms with Gasteiger partial charge in [0, 0.05) is 12.6 Å². The fourth-order valence-corrected chi connectivity index (χ4v) is 1.73. The molecule has 2 atom stereocenters. The minimum atomic E-state index is -1.00. The molecule has 0 heterocycles. The molecule has 0 aromatic rings. The molecule has 0 aromatic heterocycles. The van der Waals surface area contributed by atoms with Crippen molar-refractivity contribution in [3.05, 3.63) is 0 Å². The van der Waals surface area contributed by atoms with Crippen LogP contribution in [0.15, 0.2) is 0 Å². The van der Waals surface area contributed by atoms with Crippen molar-refractivity contribution in [3.8, 4) is 0 Å². The van der Waals surface area contributed by atoms with Crippen molar-refractivity contribution in [2.24, 2.45) is 5.92 Å². The van der Waals surface area contributed by atoms with Crippen molar-refractivity contribution < 1.29 is 19.4 Å². The van der Waals surface area contributed by atoms with E-state index in [1.54, 1.807) is 0 Å². The lowest BCUT2D eigenvalue weighted by atomic mass is 10.2. The summed E-state index contributed by atoms with van der Waals surface area (Å²) in [4.78, 5) is 21.5. The average Bonchev–Trinajstić information content (AvgIpc) is 2.96. The fraction of sp³-hybridized carbons (Fsp3) is 0.818. The molecule has 1 saturated carbocycles. The molecule has 1 fully saturated rings. The van der Waals surface area contributed by atoms with E-state index in [-0.39, 0.29) is 19.2 Å². The van der Waals surface area contributed by atoms with Gasteiger partial charge in [-0.25, -0.2) is 9.59 Å².